The van der Waals surface area contributed by atoms with Crippen LogP contribution in [0.3, 0.4) is 0 Å². The van der Waals surface area contributed by atoms with Crippen LogP contribution < -0.4 is 5.32 Å². The number of H-pyrrole nitrogens is 1. The van der Waals surface area contributed by atoms with E-state index >= 15 is 0 Å². The third-order valence-corrected chi connectivity index (χ3v) is 5.22. The summed E-state index contributed by atoms with van der Waals surface area (Å²) in [6.07, 6.45) is 3.26. The van der Waals surface area contributed by atoms with Gasteiger partial charge in [-0.15, -0.1) is 0 Å². The molecule has 0 saturated carbocycles. The predicted octanol–water partition coefficient (Wildman–Crippen LogP) is 3.62. The summed E-state index contributed by atoms with van der Waals surface area (Å²) in [5.74, 6) is -1.40. The van der Waals surface area contributed by atoms with E-state index in [-0.39, 0.29) is 11.9 Å². The number of benzene rings is 2. The number of aromatic nitrogens is 2. The molecule has 0 bridgehead atoms. The van der Waals surface area contributed by atoms with Crippen LogP contribution in [0.1, 0.15) is 30.6 Å². The second-order valence-electron chi connectivity index (χ2n) is 7.50. The van der Waals surface area contributed by atoms with E-state index < -0.39 is 17.7 Å². The molecule has 1 aromatic heterocycles. The Balaban J connectivity index is 1.52. The van der Waals surface area contributed by atoms with E-state index in [1.165, 1.54) is 18.2 Å². The van der Waals surface area contributed by atoms with Crippen LogP contribution in [-0.4, -0.2) is 45.3 Å². The molecule has 1 aliphatic heterocycles. The molecule has 8 heteroatoms. The third kappa shape index (κ3) is 4.33. The lowest BCUT2D eigenvalue weighted by Gasteiger charge is -2.16. The van der Waals surface area contributed by atoms with Crippen molar-refractivity contribution < 1.29 is 18.7 Å². The number of hydrogen-bond donors (Lipinski definition) is 3. The lowest BCUT2D eigenvalue weighted by Crippen LogP contribution is -2.27. The molecular weight excluding hydrogens is 390 g/mol. The van der Waals surface area contributed by atoms with Crippen LogP contribution in [0, 0.1) is 11.6 Å². The van der Waals surface area contributed by atoms with Crippen molar-refractivity contribution in [1.82, 2.24) is 15.1 Å². The quantitative estimate of drug-likeness (QED) is 0.559. The van der Waals surface area contributed by atoms with Crippen molar-refractivity contribution in [3.63, 3.8) is 0 Å². The smallest absolute Gasteiger partial charge is 0.246 e. The van der Waals surface area contributed by atoms with E-state index in [1.54, 1.807) is 11.0 Å². The number of fused-ring (bicyclic) bond motifs is 1. The van der Waals surface area contributed by atoms with Gasteiger partial charge in [0.25, 0.3) is 0 Å². The molecule has 2 atom stereocenters. The lowest BCUT2D eigenvalue weighted by molar-refractivity contribution is -0.125. The van der Waals surface area contributed by atoms with E-state index in [1.807, 2.05) is 25.1 Å². The zero-order chi connectivity index (χ0) is 21.3. The third-order valence-electron chi connectivity index (χ3n) is 5.22. The number of aromatic amines is 1. The number of carbonyl (C=O) groups is 1. The van der Waals surface area contributed by atoms with E-state index in [2.05, 4.69) is 15.5 Å². The predicted molar refractivity (Wildman–Crippen MR) is 111 cm³/mol. The Bertz CT molecular complexity index is 1090. The summed E-state index contributed by atoms with van der Waals surface area (Å²) in [6, 6.07) is 8.65. The van der Waals surface area contributed by atoms with Gasteiger partial charge in [-0.05, 0) is 55.3 Å². The minimum absolute atomic E-state index is 0.162. The number of halogens is 2. The molecule has 2 heterocycles. The normalized spacial score (nSPS) is 17.7. The summed E-state index contributed by atoms with van der Waals surface area (Å²) in [7, 11) is 0. The highest BCUT2D eigenvalue weighted by Gasteiger charge is 2.22. The zero-order valence-corrected chi connectivity index (χ0v) is 16.4. The van der Waals surface area contributed by atoms with Gasteiger partial charge in [-0.1, -0.05) is 0 Å². The van der Waals surface area contributed by atoms with Crippen LogP contribution in [0.5, 0.6) is 0 Å². The van der Waals surface area contributed by atoms with Crippen molar-refractivity contribution in [2.75, 3.05) is 18.4 Å². The monoisotopic (exact) mass is 412 g/mol. The van der Waals surface area contributed by atoms with Crippen LogP contribution >= 0.6 is 0 Å². The summed E-state index contributed by atoms with van der Waals surface area (Å²) in [5, 5.41) is 20.8. The second kappa shape index (κ2) is 8.23. The molecule has 1 aliphatic rings. The Morgan fingerprint density at radius 3 is 2.77 bits per heavy atom. The van der Waals surface area contributed by atoms with E-state index in [0.717, 1.165) is 22.7 Å². The summed E-state index contributed by atoms with van der Waals surface area (Å²) < 4.78 is 27.0. The number of aliphatic hydroxyl groups excluding tert-OH is 1. The number of aliphatic hydroxyl groups is 1. The van der Waals surface area contributed by atoms with Crippen LogP contribution in [0.25, 0.3) is 17.0 Å². The van der Waals surface area contributed by atoms with Gasteiger partial charge in [0.15, 0.2) is 0 Å². The SMILES string of the molecule is C[C@@H](Nc1ccc2n[nH]c(/C=C/C(=O)N3CC[C@H](O)C3)c2c1)c1cc(F)cc(F)c1. The largest absolute Gasteiger partial charge is 0.391 e. The number of hydrogen-bond acceptors (Lipinski definition) is 4. The number of likely N-dealkylation sites (tertiary alicyclic amines) is 1. The lowest BCUT2D eigenvalue weighted by atomic mass is 10.1. The highest BCUT2D eigenvalue weighted by atomic mass is 19.1. The second-order valence-corrected chi connectivity index (χ2v) is 7.50. The molecule has 1 fully saturated rings. The molecule has 2 aromatic carbocycles. The molecule has 4 rings (SSSR count). The highest BCUT2D eigenvalue weighted by Crippen LogP contribution is 2.26. The topological polar surface area (TPSA) is 81.2 Å². The molecule has 6 nitrogen and oxygen atoms in total. The van der Waals surface area contributed by atoms with Gasteiger partial charge in [0.1, 0.15) is 11.6 Å². The average molecular weight is 412 g/mol. The fourth-order valence-corrected chi connectivity index (χ4v) is 3.61. The first-order valence-corrected chi connectivity index (χ1v) is 9.75. The van der Waals surface area contributed by atoms with E-state index in [0.29, 0.717) is 30.8 Å². The molecule has 30 heavy (non-hydrogen) atoms. The molecule has 1 amide bonds. The summed E-state index contributed by atoms with van der Waals surface area (Å²) >= 11 is 0. The first kappa shape index (κ1) is 20.0. The van der Waals surface area contributed by atoms with Gasteiger partial charge < -0.3 is 15.3 Å². The Hall–Kier alpha value is -3.26. The highest BCUT2D eigenvalue weighted by molar-refractivity contribution is 5.96. The van der Waals surface area contributed by atoms with Crippen LogP contribution in [-0.2, 0) is 4.79 Å². The average Bonchev–Trinajstić information content (AvgIpc) is 3.31. The van der Waals surface area contributed by atoms with E-state index in [4.69, 9.17) is 0 Å². The molecule has 156 valence electrons. The minimum atomic E-state index is -0.619. The minimum Gasteiger partial charge on any atom is -0.391 e. The molecule has 0 spiro atoms. The fraction of sp³-hybridized carbons (Fsp3) is 0.273. The van der Waals surface area contributed by atoms with Crippen molar-refractivity contribution in [3.05, 3.63) is 65.4 Å². The maximum Gasteiger partial charge on any atom is 0.246 e. The van der Waals surface area contributed by atoms with Crippen molar-refractivity contribution in [2.45, 2.75) is 25.5 Å². The summed E-state index contributed by atoms with van der Waals surface area (Å²) in [6.45, 7) is 2.71. The van der Waals surface area contributed by atoms with Gasteiger partial charge in [-0.3, -0.25) is 9.89 Å². The van der Waals surface area contributed by atoms with Crippen molar-refractivity contribution in [3.8, 4) is 0 Å². The molecule has 3 N–H and O–H groups in total. The molecular formula is C22H22F2N4O2. The number of nitrogens with one attached hydrogen (secondary N) is 2. The van der Waals surface area contributed by atoms with Crippen LogP contribution in [0.2, 0.25) is 0 Å². The van der Waals surface area contributed by atoms with Gasteiger partial charge in [0, 0.05) is 42.3 Å². The molecule has 0 radical (unpaired) electrons. The number of rotatable bonds is 5. The number of carbonyl (C=O) groups excluding carboxylic acids is 1. The Morgan fingerprint density at radius 1 is 1.30 bits per heavy atom. The zero-order valence-electron chi connectivity index (χ0n) is 16.4. The van der Waals surface area contributed by atoms with E-state index in [9.17, 15) is 18.7 Å². The number of anilines is 1. The first-order chi connectivity index (χ1) is 14.4. The summed E-state index contributed by atoms with van der Waals surface area (Å²) in [4.78, 5) is 13.9. The van der Waals surface area contributed by atoms with Gasteiger partial charge >= 0.3 is 0 Å². The van der Waals surface area contributed by atoms with Gasteiger partial charge in [-0.25, -0.2) is 8.78 Å². The fourth-order valence-electron chi connectivity index (χ4n) is 3.61. The Labute approximate surface area is 172 Å². The Kier molecular flexibility index (Phi) is 5.50. The number of β-amino-alcohol motifs (C(OH)–C–C–N with tert-alkyl or cyclic N) is 1. The van der Waals surface area contributed by atoms with Crippen LogP contribution in [0.4, 0.5) is 14.5 Å². The Morgan fingerprint density at radius 2 is 2.07 bits per heavy atom. The van der Waals surface area contributed by atoms with Gasteiger partial charge in [0.2, 0.25) is 5.91 Å². The van der Waals surface area contributed by atoms with Crippen molar-refractivity contribution >= 4 is 28.6 Å². The first-order valence-electron chi connectivity index (χ1n) is 9.75. The number of nitrogens with zero attached hydrogens (tertiary/aromatic N) is 2. The summed E-state index contributed by atoms with van der Waals surface area (Å²) in [5.41, 5.74) is 2.66. The van der Waals surface area contributed by atoms with Crippen molar-refractivity contribution in [1.29, 1.82) is 0 Å². The van der Waals surface area contributed by atoms with Gasteiger partial charge in [0.05, 0.1) is 17.3 Å². The number of amides is 1. The van der Waals surface area contributed by atoms with Gasteiger partial charge in [-0.2, -0.15) is 5.10 Å². The van der Waals surface area contributed by atoms with Crippen LogP contribution in [0.15, 0.2) is 42.5 Å². The maximum absolute atomic E-state index is 13.5. The maximum atomic E-state index is 13.5. The standard InChI is InChI=1S/C22H22F2N4O2/c1-13(14-8-15(23)10-16(24)9-14)25-17-2-3-20-19(11-17)21(27-26-20)4-5-22(30)28-7-6-18(29)12-28/h2-5,8-11,13,18,25,29H,6-7,12H2,1H3,(H,26,27)/b5-4+/t13-,18+/m1/s1. The molecule has 0 unspecified atom stereocenters. The molecule has 0 aliphatic carbocycles. The molecule has 1 saturated heterocycles. The van der Waals surface area contributed by atoms with Crippen molar-refractivity contribution in [2.24, 2.45) is 0 Å². The molecule has 3 aromatic rings.